The first-order chi connectivity index (χ1) is 18.1. The van der Waals surface area contributed by atoms with E-state index in [1.54, 1.807) is 39.5 Å². The smallest absolute Gasteiger partial charge is 0.252 e. The van der Waals surface area contributed by atoms with Gasteiger partial charge in [0.05, 0.1) is 43.7 Å². The van der Waals surface area contributed by atoms with E-state index in [1.807, 2.05) is 60.7 Å². The molecule has 0 saturated carbocycles. The van der Waals surface area contributed by atoms with Crippen LogP contribution in [0.2, 0.25) is 0 Å². The molecule has 0 aliphatic heterocycles. The predicted molar refractivity (Wildman–Crippen MR) is 142 cm³/mol. The van der Waals surface area contributed by atoms with Crippen LogP contribution < -0.4 is 19.5 Å². The number of fused-ring (bicyclic) bond motifs is 1. The number of ether oxygens (including phenoxy) is 3. The van der Waals surface area contributed by atoms with E-state index < -0.39 is 0 Å². The fraction of sp³-hybridized carbons (Fsp3) is 0.138. The minimum Gasteiger partial charge on any atom is -0.496 e. The Labute approximate surface area is 214 Å². The van der Waals surface area contributed by atoms with Gasteiger partial charge in [0, 0.05) is 23.7 Å². The summed E-state index contributed by atoms with van der Waals surface area (Å²) in [5, 5.41) is 11.2. The van der Waals surface area contributed by atoms with Crippen molar-refractivity contribution in [3.63, 3.8) is 0 Å². The molecule has 0 atom stereocenters. The number of amides is 1. The molecule has 2 aromatic heterocycles. The molecular formula is C29H26N4O4. The monoisotopic (exact) mass is 494 g/mol. The summed E-state index contributed by atoms with van der Waals surface area (Å²) >= 11 is 0. The number of H-pyrrole nitrogens is 1. The Kier molecular flexibility index (Phi) is 6.72. The molecule has 0 aliphatic carbocycles. The van der Waals surface area contributed by atoms with Crippen molar-refractivity contribution in [2.24, 2.45) is 0 Å². The summed E-state index contributed by atoms with van der Waals surface area (Å²) in [5.74, 6) is 1.33. The Morgan fingerprint density at radius 2 is 1.49 bits per heavy atom. The van der Waals surface area contributed by atoms with Crippen molar-refractivity contribution in [1.82, 2.24) is 20.5 Å². The van der Waals surface area contributed by atoms with E-state index in [4.69, 9.17) is 19.2 Å². The molecular weight excluding hydrogens is 468 g/mol. The molecule has 0 radical (unpaired) electrons. The van der Waals surface area contributed by atoms with E-state index in [0.717, 1.165) is 16.8 Å². The maximum atomic E-state index is 13.6. The summed E-state index contributed by atoms with van der Waals surface area (Å²) in [6.07, 6.45) is 0. The van der Waals surface area contributed by atoms with Crippen molar-refractivity contribution in [3.8, 4) is 39.8 Å². The minimum absolute atomic E-state index is 0.240. The van der Waals surface area contributed by atoms with Gasteiger partial charge < -0.3 is 19.5 Å². The number of hydrogen-bond acceptors (Lipinski definition) is 6. The third-order valence-corrected chi connectivity index (χ3v) is 6.11. The van der Waals surface area contributed by atoms with Crippen molar-refractivity contribution >= 4 is 16.9 Å². The molecule has 186 valence electrons. The topological polar surface area (TPSA) is 98.4 Å². The molecule has 2 N–H and O–H groups in total. The lowest BCUT2D eigenvalue weighted by molar-refractivity contribution is 0.0952. The van der Waals surface area contributed by atoms with Crippen molar-refractivity contribution in [2.75, 3.05) is 21.3 Å². The molecule has 3 aromatic carbocycles. The Bertz CT molecular complexity index is 1550. The van der Waals surface area contributed by atoms with Gasteiger partial charge in [-0.2, -0.15) is 5.10 Å². The zero-order valence-electron chi connectivity index (χ0n) is 20.7. The van der Waals surface area contributed by atoms with E-state index in [9.17, 15) is 4.79 Å². The number of methoxy groups -OCH3 is 3. The number of nitrogens with one attached hydrogen (secondary N) is 2. The standard InChI is InChI=1S/C29H26N4O4/c1-35-23-16-25(37-3)24(36-2)15-20(23)22-14-21(29(34)30-17-18-10-6-4-7-11-18)26-27(32-33-28(26)31-22)19-12-8-5-9-13-19/h4-16H,17H2,1-3H3,(H,30,34)(H,31,32,33). The quantitative estimate of drug-likeness (QED) is 0.306. The highest BCUT2D eigenvalue weighted by atomic mass is 16.5. The van der Waals surface area contributed by atoms with Gasteiger partial charge in [-0.3, -0.25) is 9.89 Å². The molecule has 1 amide bonds. The van der Waals surface area contributed by atoms with Gasteiger partial charge in [-0.05, 0) is 17.7 Å². The molecule has 0 bridgehead atoms. The number of aromatic amines is 1. The lowest BCUT2D eigenvalue weighted by Crippen LogP contribution is -2.23. The lowest BCUT2D eigenvalue weighted by Gasteiger charge is -2.15. The van der Waals surface area contributed by atoms with Crippen LogP contribution in [0, 0.1) is 0 Å². The number of carbonyl (C=O) groups excluding carboxylic acids is 1. The fourth-order valence-corrected chi connectivity index (χ4v) is 4.26. The van der Waals surface area contributed by atoms with Crippen LogP contribution in [-0.4, -0.2) is 42.4 Å². The van der Waals surface area contributed by atoms with Gasteiger partial charge >= 0.3 is 0 Å². The number of benzene rings is 3. The van der Waals surface area contributed by atoms with Crippen LogP contribution in [0.3, 0.4) is 0 Å². The molecule has 2 heterocycles. The zero-order valence-corrected chi connectivity index (χ0v) is 20.7. The second-order valence-corrected chi connectivity index (χ2v) is 8.29. The van der Waals surface area contributed by atoms with Gasteiger partial charge in [-0.25, -0.2) is 4.98 Å². The van der Waals surface area contributed by atoms with E-state index in [1.165, 1.54) is 0 Å². The Balaban J connectivity index is 1.67. The fourth-order valence-electron chi connectivity index (χ4n) is 4.26. The molecule has 0 saturated heterocycles. The lowest BCUT2D eigenvalue weighted by atomic mass is 10.0. The molecule has 5 rings (SSSR count). The van der Waals surface area contributed by atoms with Crippen LogP contribution in [0.15, 0.2) is 78.9 Å². The molecule has 0 aliphatic rings. The molecule has 8 nitrogen and oxygen atoms in total. The Hall–Kier alpha value is -4.85. The van der Waals surface area contributed by atoms with Crippen molar-refractivity contribution < 1.29 is 19.0 Å². The molecule has 5 aromatic rings. The van der Waals surface area contributed by atoms with Crippen molar-refractivity contribution in [1.29, 1.82) is 0 Å². The number of hydrogen-bond donors (Lipinski definition) is 2. The van der Waals surface area contributed by atoms with Crippen LogP contribution in [-0.2, 0) is 6.54 Å². The van der Waals surface area contributed by atoms with Crippen LogP contribution in [0.5, 0.6) is 17.2 Å². The Morgan fingerprint density at radius 1 is 0.838 bits per heavy atom. The van der Waals surface area contributed by atoms with E-state index in [2.05, 4.69) is 15.5 Å². The number of pyridine rings is 1. The number of aromatic nitrogens is 3. The molecule has 0 unspecified atom stereocenters. The summed E-state index contributed by atoms with van der Waals surface area (Å²) in [6.45, 7) is 0.386. The second kappa shape index (κ2) is 10.4. The van der Waals surface area contributed by atoms with Crippen LogP contribution in [0.25, 0.3) is 33.5 Å². The summed E-state index contributed by atoms with van der Waals surface area (Å²) in [4.78, 5) is 18.4. The summed E-state index contributed by atoms with van der Waals surface area (Å²) < 4.78 is 16.6. The van der Waals surface area contributed by atoms with Gasteiger partial charge in [0.15, 0.2) is 17.1 Å². The molecule has 0 spiro atoms. The molecule has 8 heteroatoms. The van der Waals surface area contributed by atoms with Crippen LogP contribution in [0.4, 0.5) is 0 Å². The third kappa shape index (κ3) is 4.69. The number of carbonyl (C=O) groups is 1. The van der Waals surface area contributed by atoms with Crippen molar-refractivity contribution in [3.05, 3.63) is 90.0 Å². The average Bonchev–Trinajstić information content (AvgIpc) is 3.39. The van der Waals surface area contributed by atoms with E-state index >= 15 is 0 Å². The van der Waals surface area contributed by atoms with Gasteiger partial charge in [0.2, 0.25) is 0 Å². The largest absolute Gasteiger partial charge is 0.496 e. The normalized spacial score (nSPS) is 10.8. The number of rotatable bonds is 8. The van der Waals surface area contributed by atoms with Gasteiger partial charge in [-0.15, -0.1) is 0 Å². The highest BCUT2D eigenvalue weighted by Gasteiger charge is 2.22. The maximum absolute atomic E-state index is 13.6. The number of nitrogens with zero attached hydrogens (tertiary/aromatic N) is 2. The highest BCUT2D eigenvalue weighted by Crippen LogP contribution is 2.41. The first-order valence-electron chi connectivity index (χ1n) is 11.7. The first-order valence-corrected chi connectivity index (χ1v) is 11.7. The predicted octanol–water partition coefficient (Wildman–Crippen LogP) is 5.25. The van der Waals surface area contributed by atoms with Crippen molar-refractivity contribution in [2.45, 2.75) is 6.54 Å². The Morgan fingerprint density at radius 3 is 2.16 bits per heavy atom. The first kappa shape index (κ1) is 23.9. The van der Waals surface area contributed by atoms with Gasteiger partial charge in [0.25, 0.3) is 5.91 Å². The highest BCUT2D eigenvalue weighted by molar-refractivity contribution is 6.11. The summed E-state index contributed by atoms with van der Waals surface area (Å²) in [5.41, 5.74) is 4.64. The van der Waals surface area contributed by atoms with Crippen LogP contribution >= 0.6 is 0 Å². The van der Waals surface area contributed by atoms with Crippen LogP contribution in [0.1, 0.15) is 15.9 Å². The summed E-state index contributed by atoms with van der Waals surface area (Å²) in [7, 11) is 4.69. The minimum atomic E-state index is -0.240. The second-order valence-electron chi connectivity index (χ2n) is 8.29. The van der Waals surface area contributed by atoms with E-state index in [0.29, 0.717) is 51.6 Å². The average molecular weight is 495 g/mol. The third-order valence-electron chi connectivity index (χ3n) is 6.11. The molecule has 0 fully saturated rings. The zero-order chi connectivity index (χ0) is 25.8. The van der Waals surface area contributed by atoms with E-state index in [-0.39, 0.29) is 5.91 Å². The summed E-state index contributed by atoms with van der Waals surface area (Å²) in [6, 6.07) is 24.8. The maximum Gasteiger partial charge on any atom is 0.252 e. The SMILES string of the molecule is COc1cc(OC)c(-c2cc(C(=O)NCc3ccccc3)c3c(-c4ccccc4)[nH]nc3n2)cc1OC. The van der Waals surface area contributed by atoms with Gasteiger partial charge in [-0.1, -0.05) is 60.7 Å². The van der Waals surface area contributed by atoms with Gasteiger partial charge in [0.1, 0.15) is 5.75 Å². The molecule has 37 heavy (non-hydrogen) atoms.